The number of nitrogens with zero attached hydrogens (tertiary/aromatic N) is 2. The summed E-state index contributed by atoms with van der Waals surface area (Å²) in [7, 11) is 3.53. The molecule has 0 aliphatic rings. The lowest BCUT2D eigenvalue weighted by Gasteiger charge is -2.21. The molecule has 0 saturated heterocycles. The average molecular weight is 384 g/mol. The molecule has 1 heterocycles. The number of carbonyl (C=O) groups is 1. The van der Waals surface area contributed by atoms with Gasteiger partial charge in [0.15, 0.2) is 0 Å². The smallest absolute Gasteiger partial charge is 0.221 e. The monoisotopic (exact) mass is 383 g/mol. The van der Waals surface area contributed by atoms with Gasteiger partial charge in [0.2, 0.25) is 5.91 Å². The number of halogens is 1. The molecular weight excluding hydrogens is 362 g/mol. The number of ether oxygens (including phenoxy) is 1. The Morgan fingerprint density at radius 3 is 2.63 bits per heavy atom. The van der Waals surface area contributed by atoms with Crippen molar-refractivity contribution >= 4 is 17.5 Å². The number of benzene rings is 2. The van der Waals surface area contributed by atoms with Gasteiger partial charge in [0, 0.05) is 36.4 Å². The first kappa shape index (κ1) is 19.0. The second-order valence-electron chi connectivity index (χ2n) is 6.27. The molecule has 1 amide bonds. The van der Waals surface area contributed by atoms with Crippen LogP contribution in [-0.4, -0.2) is 22.6 Å². The van der Waals surface area contributed by atoms with E-state index >= 15 is 0 Å². The highest BCUT2D eigenvalue weighted by atomic mass is 35.5. The maximum atomic E-state index is 12.7. The molecule has 0 bridgehead atoms. The third-order valence-electron chi connectivity index (χ3n) is 4.43. The lowest BCUT2D eigenvalue weighted by Crippen LogP contribution is -2.31. The molecule has 1 aromatic heterocycles. The van der Waals surface area contributed by atoms with Gasteiger partial charge in [0.25, 0.3) is 0 Å². The predicted molar refractivity (Wildman–Crippen MR) is 106 cm³/mol. The first-order valence-electron chi connectivity index (χ1n) is 8.72. The van der Waals surface area contributed by atoms with Gasteiger partial charge >= 0.3 is 0 Å². The summed E-state index contributed by atoms with van der Waals surface area (Å²) in [6, 6.07) is 14.8. The number of imidazole rings is 1. The van der Waals surface area contributed by atoms with Crippen LogP contribution in [0.5, 0.6) is 5.75 Å². The SMILES string of the molecule is COc1ccccc1C(NC(=O)CCc1ccc(Cl)cc1)c1nccn1C. The summed E-state index contributed by atoms with van der Waals surface area (Å²) in [6.07, 6.45) is 4.59. The van der Waals surface area contributed by atoms with E-state index in [-0.39, 0.29) is 11.9 Å². The summed E-state index contributed by atoms with van der Waals surface area (Å²) in [5.74, 6) is 1.41. The van der Waals surface area contributed by atoms with Crippen LogP contribution >= 0.6 is 11.6 Å². The number of carbonyl (C=O) groups excluding carboxylic acids is 1. The molecule has 0 spiro atoms. The van der Waals surface area contributed by atoms with Crippen LogP contribution < -0.4 is 10.1 Å². The molecule has 0 saturated carbocycles. The van der Waals surface area contributed by atoms with Crippen molar-refractivity contribution < 1.29 is 9.53 Å². The molecule has 0 radical (unpaired) electrons. The van der Waals surface area contributed by atoms with E-state index in [1.165, 1.54) is 0 Å². The minimum absolute atomic E-state index is 0.0520. The van der Waals surface area contributed by atoms with Gasteiger partial charge in [-0.1, -0.05) is 41.9 Å². The number of rotatable bonds is 7. The van der Waals surface area contributed by atoms with Crippen LogP contribution in [-0.2, 0) is 18.3 Å². The number of hydrogen-bond acceptors (Lipinski definition) is 3. The summed E-state index contributed by atoms with van der Waals surface area (Å²) in [5, 5.41) is 3.79. The highest BCUT2D eigenvalue weighted by molar-refractivity contribution is 6.30. The van der Waals surface area contributed by atoms with Crippen molar-refractivity contribution in [3.05, 3.63) is 82.9 Å². The van der Waals surface area contributed by atoms with Crippen molar-refractivity contribution in [3.63, 3.8) is 0 Å². The van der Waals surface area contributed by atoms with Crippen LogP contribution in [0.25, 0.3) is 0 Å². The van der Waals surface area contributed by atoms with Crippen LogP contribution in [0.15, 0.2) is 60.9 Å². The standard InChI is InChI=1S/C21H22ClN3O2/c1-25-14-13-23-21(25)20(17-5-3-4-6-18(17)27-2)24-19(26)12-9-15-7-10-16(22)11-8-15/h3-8,10-11,13-14,20H,9,12H2,1-2H3,(H,24,26). The molecule has 1 unspecified atom stereocenters. The average Bonchev–Trinajstić information content (AvgIpc) is 3.11. The molecule has 5 nitrogen and oxygen atoms in total. The second-order valence-corrected chi connectivity index (χ2v) is 6.70. The number of methoxy groups -OCH3 is 1. The number of hydrogen-bond donors (Lipinski definition) is 1. The van der Waals surface area contributed by atoms with Crippen LogP contribution in [0, 0.1) is 0 Å². The lowest BCUT2D eigenvalue weighted by molar-refractivity contribution is -0.121. The molecule has 27 heavy (non-hydrogen) atoms. The third kappa shape index (κ3) is 4.68. The Morgan fingerprint density at radius 2 is 1.96 bits per heavy atom. The maximum absolute atomic E-state index is 12.7. The first-order valence-corrected chi connectivity index (χ1v) is 9.10. The van der Waals surface area contributed by atoms with E-state index in [9.17, 15) is 4.79 Å². The summed E-state index contributed by atoms with van der Waals surface area (Å²) >= 11 is 5.91. The van der Waals surface area contributed by atoms with Gasteiger partial charge in [-0.25, -0.2) is 4.98 Å². The largest absolute Gasteiger partial charge is 0.496 e. The molecular formula is C21H22ClN3O2. The zero-order valence-corrected chi connectivity index (χ0v) is 16.1. The molecule has 0 aliphatic heterocycles. The number of para-hydroxylation sites is 1. The van der Waals surface area contributed by atoms with E-state index in [1.807, 2.05) is 66.3 Å². The summed E-state index contributed by atoms with van der Waals surface area (Å²) in [4.78, 5) is 17.1. The Balaban J connectivity index is 1.78. The van der Waals surface area contributed by atoms with Crippen LogP contribution in [0.4, 0.5) is 0 Å². The van der Waals surface area contributed by atoms with E-state index in [1.54, 1.807) is 13.3 Å². The molecule has 3 aromatic rings. The number of amides is 1. The molecule has 6 heteroatoms. The zero-order chi connectivity index (χ0) is 19.2. The van der Waals surface area contributed by atoms with Gasteiger partial charge < -0.3 is 14.6 Å². The summed E-state index contributed by atoms with van der Waals surface area (Å²) in [5.41, 5.74) is 1.94. The molecule has 3 rings (SSSR count). The van der Waals surface area contributed by atoms with E-state index in [4.69, 9.17) is 16.3 Å². The van der Waals surface area contributed by atoms with Crippen LogP contribution in [0.2, 0.25) is 5.02 Å². The topological polar surface area (TPSA) is 56.1 Å². The fourth-order valence-corrected chi connectivity index (χ4v) is 3.11. The van der Waals surface area contributed by atoms with Gasteiger partial charge in [-0.3, -0.25) is 4.79 Å². The maximum Gasteiger partial charge on any atom is 0.221 e. The predicted octanol–water partition coefficient (Wildman–Crippen LogP) is 3.92. The molecule has 140 valence electrons. The van der Waals surface area contributed by atoms with Crippen LogP contribution in [0.1, 0.15) is 29.4 Å². The van der Waals surface area contributed by atoms with Gasteiger partial charge in [-0.05, 0) is 30.2 Å². The first-order chi connectivity index (χ1) is 13.1. The van der Waals surface area contributed by atoms with E-state index in [0.717, 1.165) is 17.0 Å². The molecule has 1 atom stereocenters. The highest BCUT2D eigenvalue weighted by Gasteiger charge is 2.23. The fraction of sp³-hybridized carbons (Fsp3) is 0.238. The van der Waals surface area contributed by atoms with E-state index < -0.39 is 0 Å². The number of aromatic nitrogens is 2. The van der Waals surface area contributed by atoms with Gasteiger partial charge in [-0.15, -0.1) is 0 Å². The minimum atomic E-state index is -0.390. The van der Waals surface area contributed by atoms with Gasteiger partial charge in [-0.2, -0.15) is 0 Å². The Hall–Kier alpha value is -2.79. The van der Waals surface area contributed by atoms with Crippen molar-refractivity contribution in [1.29, 1.82) is 0 Å². The quantitative estimate of drug-likeness (QED) is 0.672. The molecule has 2 aromatic carbocycles. The van der Waals surface area contributed by atoms with E-state index in [0.29, 0.717) is 23.6 Å². The second kappa shape index (κ2) is 8.73. The molecule has 0 aliphatic carbocycles. The third-order valence-corrected chi connectivity index (χ3v) is 4.68. The summed E-state index contributed by atoms with van der Waals surface area (Å²) < 4.78 is 7.38. The zero-order valence-electron chi connectivity index (χ0n) is 15.4. The van der Waals surface area contributed by atoms with Crippen LogP contribution in [0.3, 0.4) is 0 Å². The Kier molecular flexibility index (Phi) is 6.14. The van der Waals surface area contributed by atoms with Crippen molar-refractivity contribution in [3.8, 4) is 5.75 Å². The number of nitrogens with one attached hydrogen (secondary N) is 1. The van der Waals surface area contributed by atoms with Crippen molar-refractivity contribution in [1.82, 2.24) is 14.9 Å². The Bertz CT molecular complexity index is 906. The normalized spacial score (nSPS) is 11.8. The van der Waals surface area contributed by atoms with Gasteiger partial charge in [0.05, 0.1) is 7.11 Å². The van der Waals surface area contributed by atoms with Crippen molar-refractivity contribution in [2.75, 3.05) is 7.11 Å². The number of aryl methyl sites for hydroxylation is 2. The van der Waals surface area contributed by atoms with E-state index in [2.05, 4.69) is 10.3 Å². The highest BCUT2D eigenvalue weighted by Crippen LogP contribution is 2.29. The molecule has 0 fully saturated rings. The van der Waals surface area contributed by atoms with Gasteiger partial charge in [0.1, 0.15) is 17.6 Å². The fourth-order valence-electron chi connectivity index (χ4n) is 2.98. The molecule has 1 N–H and O–H groups in total. The Morgan fingerprint density at radius 1 is 1.22 bits per heavy atom. The van der Waals surface area contributed by atoms with Crippen molar-refractivity contribution in [2.45, 2.75) is 18.9 Å². The summed E-state index contributed by atoms with van der Waals surface area (Å²) in [6.45, 7) is 0. The Labute approximate surface area is 164 Å². The van der Waals surface area contributed by atoms with Crippen molar-refractivity contribution in [2.24, 2.45) is 7.05 Å². The lowest BCUT2D eigenvalue weighted by atomic mass is 10.0. The minimum Gasteiger partial charge on any atom is -0.496 e.